The van der Waals surface area contributed by atoms with Crippen LogP contribution < -0.4 is 15.4 Å². The Bertz CT molecular complexity index is 689. The molecule has 2 rings (SSSR count). The molecule has 0 saturated heterocycles. The predicted molar refractivity (Wildman–Crippen MR) is 96.6 cm³/mol. The van der Waals surface area contributed by atoms with Gasteiger partial charge >= 0.3 is 11.9 Å². The molecule has 0 bridgehead atoms. The first kappa shape index (κ1) is 21.1. The molecule has 9 heteroatoms. The van der Waals surface area contributed by atoms with Gasteiger partial charge in [0.1, 0.15) is 5.75 Å². The summed E-state index contributed by atoms with van der Waals surface area (Å²) in [6, 6.07) is 11.6. The van der Waals surface area contributed by atoms with Gasteiger partial charge in [0.2, 0.25) is 0 Å². The van der Waals surface area contributed by atoms with E-state index in [4.69, 9.17) is 24.5 Å². The summed E-state index contributed by atoms with van der Waals surface area (Å²) in [4.78, 5) is 30.6. The number of carbonyl (C=O) groups is 3. The predicted octanol–water partition coefficient (Wildman–Crippen LogP) is 1.43. The fraction of sp³-hybridized carbons (Fsp3) is 0.235. The van der Waals surface area contributed by atoms with Gasteiger partial charge in [-0.25, -0.2) is 9.59 Å². The van der Waals surface area contributed by atoms with Crippen molar-refractivity contribution >= 4 is 29.2 Å². The number of rotatable bonds is 7. The summed E-state index contributed by atoms with van der Waals surface area (Å²) >= 11 is 1.45. The van der Waals surface area contributed by atoms with E-state index in [1.54, 1.807) is 7.11 Å². The quantitative estimate of drug-likeness (QED) is 0.423. The number of amides is 1. The van der Waals surface area contributed by atoms with Gasteiger partial charge in [-0.1, -0.05) is 18.2 Å². The van der Waals surface area contributed by atoms with Gasteiger partial charge in [0.25, 0.3) is 5.91 Å². The largest absolute Gasteiger partial charge is 0.497 e. The maximum atomic E-state index is 11.7. The smallest absolute Gasteiger partial charge is 0.414 e. The zero-order valence-corrected chi connectivity index (χ0v) is 14.9. The molecule has 1 aromatic heterocycles. The minimum atomic E-state index is -1.82. The Hall–Kier alpha value is -2.91. The van der Waals surface area contributed by atoms with E-state index in [1.807, 2.05) is 41.8 Å². The SMILES string of the molecule is COc1ccc(CNCCNC(=O)c2cccs2)cc1.O=C(O)C(=O)O. The van der Waals surface area contributed by atoms with Crippen molar-refractivity contribution in [2.75, 3.05) is 20.2 Å². The molecule has 0 aliphatic rings. The van der Waals surface area contributed by atoms with E-state index in [2.05, 4.69) is 10.6 Å². The van der Waals surface area contributed by atoms with Crippen LogP contribution in [0.15, 0.2) is 41.8 Å². The summed E-state index contributed by atoms with van der Waals surface area (Å²) in [5.74, 6) is -2.80. The summed E-state index contributed by atoms with van der Waals surface area (Å²) in [6.45, 7) is 2.13. The van der Waals surface area contributed by atoms with Crippen LogP contribution in [-0.4, -0.2) is 48.3 Å². The van der Waals surface area contributed by atoms with Gasteiger partial charge in [-0.05, 0) is 29.1 Å². The zero-order chi connectivity index (χ0) is 19.4. The van der Waals surface area contributed by atoms with Gasteiger partial charge < -0.3 is 25.6 Å². The van der Waals surface area contributed by atoms with Crippen molar-refractivity contribution in [1.82, 2.24) is 10.6 Å². The second-order valence-corrected chi connectivity index (χ2v) is 5.82. The topological polar surface area (TPSA) is 125 Å². The molecule has 1 heterocycles. The maximum Gasteiger partial charge on any atom is 0.414 e. The number of carboxylic acids is 2. The first-order chi connectivity index (χ1) is 12.4. The molecule has 0 radical (unpaired) electrons. The molecular formula is C17H20N2O6S. The van der Waals surface area contributed by atoms with Gasteiger partial charge in [-0.15, -0.1) is 11.3 Å². The molecule has 0 unspecified atom stereocenters. The van der Waals surface area contributed by atoms with Crippen LogP contribution in [0.1, 0.15) is 15.2 Å². The van der Waals surface area contributed by atoms with E-state index in [9.17, 15) is 4.79 Å². The Morgan fingerprint density at radius 3 is 2.19 bits per heavy atom. The molecule has 0 atom stereocenters. The van der Waals surface area contributed by atoms with Crippen molar-refractivity contribution in [2.24, 2.45) is 0 Å². The highest BCUT2D eigenvalue weighted by molar-refractivity contribution is 7.12. The Morgan fingerprint density at radius 2 is 1.69 bits per heavy atom. The molecule has 1 amide bonds. The van der Waals surface area contributed by atoms with Crippen molar-refractivity contribution in [1.29, 1.82) is 0 Å². The number of ether oxygens (including phenoxy) is 1. The summed E-state index contributed by atoms with van der Waals surface area (Å²) in [5, 5.41) is 22.8. The lowest BCUT2D eigenvalue weighted by atomic mass is 10.2. The van der Waals surface area contributed by atoms with Gasteiger partial charge in [0.15, 0.2) is 0 Å². The lowest BCUT2D eigenvalue weighted by Crippen LogP contribution is -2.31. The number of carboxylic acid groups (broad SMARTS) is 2. The van der Waals surface area contributed by atoms with Crippen LogP contribution >= 0.6 is 11.3 Å². The normalized spacial score (nSPS) is 9.58. The summed E-state index contributed by atoms with van der Waals surface area (Å²) < 4.78 is 5.11. The summed E-state index contributed by atoms with van der Waals surface area (Å²) in [5.41, 5.74) is 1.19. The molecule has 0 aliphatic heterocycles. The van der Waals surface area contributed by atoms with Crippen molar-refractivity contribution in [2.45, 2.75) is 6.54 Å². The lowest BCUT2D eigenvalue weighted by molar-refractivity contribution is -0.159. The van der Waals surface area contributed by atoms with E-state index in [-0.39, 0.29) is 5.91 Å². The van der Waals surface area contributed by atoms with Gasteiger partial charge in [0.05, 0.1) is 12.0 Å². The van der Waals surface area contributed by atoms with Crippen LogP contribution in [0, 0.1) is 0 Å². The van der Waals surface area contributed by atoms with Gasteiger partial charge in [0, 0.05) is 19.6 Å². The minimum Gasteiger partial charge on any atom is -0.497 e. The van der Waals surface area contributed by atoms with E-state index in [0.29, 0.717) is 6.54 Å². The molecule has 0 aliphatic carbocycles. The third-order valence-electron chi connectivity index (χ3n) is 3.00. The van der Waals surface area contributed by atoms with Crippen LogP contribution in [0.2, 0.25) is 0 Å². The van der Waals surface area contributed by atoms with E-state index < -0.39 is 11.9 Å². The van der Waals surface area contributed by atoms with Crippen LogP contribution in [0.3, 0.4) is 0 Å². The van der Waals surface area contributed by atoms with Crippen LogP contribution in [-0.2, 0) is 16.1 Å². The number of benzene rings is 1. The highest BCUT2D eigenvalue weighted by Gasteiger charge is 2.04. The van der Waals surface area contributed by atoms with Crippen LogP contribution in [0.25, 0.3) is 0 Å². The molecule has 0 spiro atoms. The third kappa shape index (κ3) is 8.27. The molecule has 4 N–H and O–H groups in total. The molecule has 26 heavy (non-hydrogen) atoms. The standard InChI is InChI=1S/C15H18N2O2S.C2H2O4/c1-19-13-6-4-12(5-7-13)11-16-8-9-17-15(18)14-3-2-10-20-14;3-1(4)2(5)6/h2-7,10,16H,8-9,11H2,1H3,(H,17,18);(H,3,4)(H,5,6). The third-order valence-corrected chi connectivity index (χ3v) is 3.87. The first-order valence-electron chi connectivity index (χ1n) is 7.55. The Balaban J connectivity index is 0.000000487. The Morgan fingerprint density at radius 1 is 1.04 bits per heavy atom. The molecule has 1 aromatic carbocycles. The van der Waals surface area contributed by atoms with Crippen LogP contribution in [0.4, 0.5) is 0 Å². The maximum absolute atomic E-state index is 11.7. The summed E-state index contributed by atoms with van der Waals surface area (Å²) in [6.07, 6.45) is 0. The number of methoxy groups -OCH3 is 1. The number of carbonyl (C=O) groups excluding carboxylic acids is 1. The van der Waals surface area contributed by atoms with Gasteiger partial charge in [-0.3, -0.25) is 4.79 Å². The number of thiophene rings is 1. The average molecular weight is 380 g/mol. The van der Waals surface area contributed by atoms with Crippen molar-refractivity contribution < 1.29 is 29.3 Å². The van der Waals surface area contributed by atoms with E-state index >= 15 is 0 Å². The molecule has 140 valence electrons. The van der Waals surface area contributed by atoms with Crippen molar-refractivity contribution in [3.05, 3.63) is 52.2 Å². The Labute approximate surface area is 154 Å². The second-order valence-electron chi connectivity index (χ2n) is 4.87. The number of hydrogen-bond donors (Lipinski definition) is 4. The highest BCUT2D eigenvalue weighted by Crippen LogP contribution is 2.10. The van der Waals surface area contributed by atoms with Crippen LogP contribution in [0.5, 0.6) is 5.75 Å². The van der Waals surface area contributed by atoms with E-state index in [1.165, 1.54) is 16.9 Å². The zero-order valence-electron chi connectivity index (χ0n) is 14.1. The van der Waals surface area contributed by atoms with Crippen molar-refractivity contribution in [3.8, 4) is 5.75 Å². The molecular weight excluding hydrogens is 360 g/mol. The van der Waals surface area contributed by atoms with Gasteiger partial charge in [-0.2, -0.15) is 0 Å². The molecule has 2 aromatic rings. The second kappa shape index (κ2) is 11.6. The van der Waals surface area contributed by atoms with E-state index in [0.717, 1.165) is 23.7 Å². The fourth-order valence-electron chi connectivity index (χ4n) is 1.74. The number of hydrogen-bond acceptors (Lipinski definition) is 6. The first-order valence-corrected chi connectivity index (χ1v) is 8.43. The fourth-order valence-corrected chi connectivity index (χ4v) is 2.38. The number of nitrogens with one attached hydrogen (secondary N) is 2. The van der Waals surface area contributed by atoms with Crippen molar-refractivity contribution in [3.63, 3.8) is 0 Å². The Kier molecular flexibility index (Phi) is 9.44. The molecule has 8 nitrogen and oxygen atoms in total. The minimum absolute atomic E-state index is 0.00810. The lowest BCUT2D eigenvalue weighted by Gasteiger charge is -2.07. The molecule has 0 saturated carbocycles. The monoisotopic (exact) mass is 380 g/mol. The average Bonchev–Trinajstić information content (AvgIpc) is 3.17. The highest BCUT2D eigenvalue weighted by atomic mass is 32.1. The summed E-state index contributed by atoms with van der Waals surface area (Å²) in [7, 11) is 1.66. The molecule has 0 fully saturated rings. The number of aliphatic carboxylic acids is 2.